The van der Waals surface area contributed by atoms with Crippen LogP contribution in [0.3, 0.4) is 0 Å². The van der Waals surface area contributed by atoms with Gasteiger partial charge in [-0.05, 0) is 60.7 Å². The van der Waals surface area contributed by atoms with Gasteiger partial charge in [0.1, 0.15) is 5.82 Å². The number of anilines is 2. The van der Waals surface area contributed by atoms with E-state index in [0.29, 0.717) is 10.7 Å². The van der Waals surface area contributed by atoms with Gasteiger partial charge in [0.15, 0.2) is 0 Å². The van der Waals surface area contributed by atoms with E-state index in [1.54, 1.807) is 24.3 Å². The van der Waals surface area contributed by atoms with Crippen molar-refractivity contribution >= 4 is 50.5 Å². The standard InChI is InChI=1S/C20H15Cl2FN2O3S/c1-25(16-7-5-14(23)6-8-16)29(27,28)17-9-10-19(22)18(12-17)20(26)24-15-4-2-3-13(21)11-15/h2-12H,1H3,(H,24,26). The summed E-state index contributed by atoms with van der Waals surface area (Å²) in [6.45, 7) is 0. The summed E-state index contributed by atoms with van der Waals surface area (Å²) >= 11 is 12.0. The number of nitrogens with one attached hydrogen (secondary N) is 1. The van der Waals surface area contributed by atoms with E-state index in [-0.39, 0.29) is 21.2 Å². The van der Waals surface area contributed by atoms with Gasteiger partial charge in [0.25, 0.3) is 15.9 Å². The van der Waals surface area contributed by atoms with Gasteiger partial charge in [-0.2, -0.15) is 0 Å². The van der Waals surface area contributed by atoms with Crippen LogP contribution in [-0.4, -0.2) is 21.4 Å². The summed E-state index contributed by atoms with van der Waals surface area (Å²) in [5, 5.41) is 3.15. The molecule has 3 rings (SSSR count). The number of carbonyl (C=O) groups is 1. The number of nitrogens with zero attached hydrogens (tertiary/aromatic N) is 1. The van der Waals surface area contributed by atoms with Crippen molar-refractivity contribution in [2.24, 2.45) is 0 Å². The Labute approximate surface area is 177 Å². The maximum Gasteiger partial charge on any atom is 0.264 e. The van der Waals surface area contributed by atoms with Gasteiger partial charge >= 0.3 is 0 Å². The summed E-state index contributed by atoms with van der Waals surface area (Å²) in [6, 6.07) is 15.3. The highest BCUT2D eigenvalue weighted by Gasteiger charge is 2.24. The van der Waals surface area contributed by atoms with Crippen molar-refractivity contribution in [2.75, 3.05) is 16.7 Å². The molecule has 150 valence electrons. The molecule has 0 aliphatic carbocycles. The summed E-state index contributed by atoms with van der Waals surface area (Å²) in [5.41, 5.74) is 0.696. The highest BCUT2D eigenvalue weighted by atomic mass is 35.5. The van der Waals surface area contributed by atoms with E-state index < -0.39 is 21.7 Å². The van der Waals surface area contributed by atoms with E-state index in [2.05, 4.69) is 5.32 Å². The normalized spacial score (nSPS) is 11.2. The summed E-state index contributed by atoms with van der Waals surface area (Å²) < 4.78 is 40.0. The fraction of sp³-hybridized carbons (Fsp3) is 0.0500. The zero-order chi connectivity index (χ0) is 21.2. The van der Waals surface area contributed by atoms with E-state index in [9.17, 15) is 17.6 Å². The Morgan fingerprint density at radius 3 is 2.34 bits per heavy atom. The van der Waals surface area contributed by atoms with Gasteiger partial charge < -0.3 is 5.32 Å². The van der Waals surface area contributed by atoms with Crippen LogP contribution in [0.15, 0.2) is 71.6 Å². The third-order valence-corrected chi connectivity index (χ3v) is 6.46. The first-order chi connectivity index (χ1) is 13.7. The van der Waals surface area contributed by atoms with Crippen molar-refractivity contribution in [3.8, 4) is 0 Å². The second kappa shape index (κ2) is 8.41. The highest BCUT2D eigenvalue weighted by Crippen LogP contribution is 2.27. The van der Waals surface area contributed by atoms with Gasteiger partial charge in [0.2, 0.25) is 0 Å². The average Bonchev–Trinajstić information content (AvgIpc) is 2.68. The molecule has 0 radical (unpaired) electrons. The number of hydrogen-bond donors (Lipinski definition) is 1. The molecule has 0 unspecified atom stereocenters. The molecular formula is C20H15Cl2FN2O3S. The number of rotatable bonds is 5. The van der Waals surface area contributed by atoms with Crippen molar-refractivity contribution < 1.29 is 17.6 Å². The number of hydrogen-bond acceptors (Lipinski definition) is 3. The first kappa shape index (κ1) is 21.1. The van der Waals surface area contributed by atoms with Crippen molar-refractivity contribution in [1.82, 2.24) is 0 Å². The molecule has 0 saturated heterocycles. The van der Waals surface area contributed by atoms with E-state index in [4.69, 9.17) is 23.2 Å². The monoisotopic (exact) mass is 452 g/mol. The molecule has 3 aromatic rings. The molecule has 1 amide bonds. The zero-order valence-electron chi connectivity index (χ0n) is 15.1. The third kappa shape index (κ3) is 4.70. The van der Waals surface area contributed by atoms with Crippen LogP contribution in [0.5, 0.6) is 0 Å². The maximum absolute atomic E-state index is 13.1. The fourth-order valence-corrected chi connectivity index (χ4v) is 4.17. The molecule has 3 aromatic carbocycles. The second-order valence-corrected chi connectivity index (χ2v) is 8.87. The Morgan fingerprint density at radius 2 is 1.69 bits per heavy atom. The molecule has 0 bridgehead atoms. The molecule has 0 saturated carbocycles. The van der Waals surface area contributed by atoms with E-state index in [1.165, 1.54) is 37.4 Å². The summed E-state index contributed by atoms with van der Waals surface area (Å²) in [7, 11) is -2.67. The van der Waals surface area contributed by atoms with Crippen LogP contribution in [0.4, 0.5) is 15.8 Å². The van der Waals surface area contributed by atoms with Gasteiger partial charge in [-0.25, -0.2) is 12.8 Å². The van der Waals surface area contributed by atoms with E-state index in [0.717, 1.165) is 16.4 Å². The van der Waals surface area contributed by atoms with Gasteiger partial charge in [0.05, 0.1) is 21.2 Å². The SMILES string of the molecule is CN(c1ccc(F)cc1)S(=O)(=O)c1ccc(Cl)c(C(=O)Nc2cccc(Cl)c2)c1. The van der Waals surface area contributed by atoms with Crippen LogP contribution < -0.4 is 9.62 Å². The highest BCUT2D eigenvalue weighted by molar-refractivity contribution is 7.92. The van der Waals surface area contributed by atoms with Crippen LogP contribution in [0.1, 0.15) is 10.4 Å². The molecule has 1 N–H and O–H groups in total. The predicted octanol–water partition coefficient (Wildman–Crippen LogP) is 5.21. The summed E-state index contributed by atoms with van der Waals surface area (Å²) in [5.74, 6) is -1.07. The lowest BCUT2D eigenvalue weighted by molar-refractivity contribution is 0.102. The van der Waals surface area contributed by atoms with Crippen molar-refractivity contribution in [1.29, 1.82) is 0 Å². The molecule has 0 aliphatic heterocycles. The average molecular weight is 453 g/mol. The molecule has 0 atom stereocenters. The smallest absolute Gasteiger partial charge is 0.264 e. The van der Waals surface area contributed by atoms with Crippen molar-refractivity contribution in [3.05, 3.63) is 88.2 Å². The number of carbonyl (C=O) groups excluding carboxylic acids is 1. The lowest BCUT2D eigenvalue weighted by Gasteiger charge is -2.20. The zero-order valence-corrected chi connectivity index (χ0v) is 17.4. The molecule has 0 aliphatic rings. The van der Waals surface area contributed by atoms with Crippen molar-refractivity contribution in [2.45, 2.75) is 4.90 Å². The minimum absolute atomic E-state index is 0.0137. The van der Waals surface area contributed by atoms with Crippen LogP contribution in [0.2, 0.25) is 10.0 Å². The fourth-order valence-electron chi connectivity index (χ4n) is 2.55. The van der Waals surface area contributed by atoms with Crippen LogP contribution >= 0.6 is 23.2 Å². The molecule has 0 heterocycles. The number of benzene rings is 3. The van der Waals surface area contributed by atoms with Crippen LogP contribution in [-0.2, 0) is 10.0 Å². The Bertz CT molecular complexity index is 1170. The molecule has 0 fully saturated rings. The number of sulfonamides is 1. The first-order valence-electron chi connectivity index (χ1n) is 8.29. The first-order valence-corrected chi connectivity index (χ1v) is 10.5. The minimum atomic E-state index is -4.01. The van der Waals surface area contributed by atoms with E-state index in [1.807, 2.05) is 0 Å². The second-order valence-electron chi connectivity index (χ2n) is 6.06. The number of halogens is 3. The molecule has 0 spiro atoms. The van der Waals surface area contributed by atoms with Gasteiger partial charge in [-0.15, -0.1) is 0 Å². The van der Waals surface area contributed by atoms with Gasteiger partial charge in [-0.3, -0.25) is 9.10 Å². The van der Waals surface area contributed by atoms with Crippen LogP contribution in [0, 0.1) is 5.82 Å². The molecule has 29 heavy (non-hydrogen) atoms. The quantitative estimate of drug-likeness (QED) is 0.577. The number of amides is 1. The Balaban J connectivity index is 1.93. The molecule has 5 nitrogen and oxygen atoms in total. The lowest BCUT2D eigenvalue weighted by atomic mass is 10.2. The van der Waals surface area contributed by atoms with Crippen molar-refractivity contribution in [3.63, 3.8) is 0 Å². The minimum Gasteiger partial charge on any atom is -0.322 e. The van der Waals surface area contributed by atoms with E-state index >= 15 is 0 Å². The maximum atomic E-state index is 13.1. The van der Waals surface area contributed by atoms with Gasteiger partial charge in [-0.1, -0.05) is 29.3 Å². The largest absolute Gasteiger partial charge is 0.322 e. The summed E-state index contributed by atoms with van der Waals surface area (Å²) in [4.78, 5) is 12.5. The Morgan fingerprint density at radius 1 is 1.00 bits per heavy atom. The Hall–Kier alpha value is -2.61. The molecule has 0 aromatic heterocycles. The third-order valence-electron chi connectivity index (χ3n) is 4.11. The van der Waals surface area contributed by atoms with Gasteiger partial charge in [0, 0.05) is 17.8 Å². The predicted molar refractivity (Wildman–Crippen MR) is 113 cm³/mol. The Kier molecular flexibility index (Phi) is 6.12. The topological polar surface area (TPSA) is 66.5 Å². The summed E-state index contributed by atoms with van der Waals surface area (Å²) in [6.07, 6.45) is 0. The lowest BCUT2D eigenvalue weighted by Crippen LogP contribution is -2.27. The molecular weight excluding hydrogens is 438 g/mol. The molecule has 9 heteroatoms. The van der Waals surface area contributed by atoms with Crippen LogP contribution in [0.25, 0.3) is 0 Å².